The van der Waals surface area contributed by atoms with E-state index in [1.54, 1.807) is 0 Å². The Balaban J connectivity index is 1.77. The van der Waals surface area contributed by atoms with Gasteiger partial charge >= 0.3 is 0 Å². The van der Waals surface area contributed by atoms with Crippen molar-refractivity contribution in [2.45, 2.75) is 25.6 Å². The minimum atomic E-state index is 0.280. The Morgan fingerprint density at radius 2 is 2.13 bits per heavy atom. The molecule has 1 aromatic rings. The first kappa shape index (κ1) is 10.3. The van der Waals surface area contributed by atoms with E-state index in [4.69, 9.17) is 0 Å². The van der Waals surface area contributed by atoms with E-state index in [9.17, 15) is 4.79 Å². The highest BCUT2D eigenvalue weighted by Crippen LogP contribution is 2.03. The molecule has 3 heteroatoms. The topological polar surface area (TPSA) is 41.1 Å². The smallest absolute Gasteiger partial charge is 0.146 e. The van der Waals surface area contributed by atoms with Crippen molar-refractivity contribution in [3.8, 4) is 0 Å². The fraction of sp³-hybridized carbons (Fsp3) is 0.417. The Hall–Kier alpha value is -1.19. The van der Waals surface area contributed by atoms with Crippen molar-refractivity contribution in [3.05, 3.63) is 35.9 Å². The maximum atomic E-state index is 11.0. The average molecular weight is 204 g/mol. The normalized spacial score (nSPS) is 21.6. The van der Waals surface area contributed by atoms with Gasteiger partial charge in [0.15, 0.2) is 0 Å². The molecule has 15 heavy (non-hydrogen) atoms. The summed E-state index contributed by atoms with van der Waals surface area (Å²) in [6.45, 7) is 1.36. The summed E-state index contributed by atoms with van der Waals surface area (Å²) in [5.74, 6) is 0.313. The summed E-state index contributed by atoms with van der Waals surface area (Å²) in [6.07, 6.45) is 1.87. The standard InChI is InChI=1S/C12H16N2O/c15-11-6-7-12(14-9-11)13-8-10-4-2-1-3-5-10/h1-5,12-14H,6-9H2. The minimum Gasteiger partial charge on any atom is -0.298 e. The molecule has 1 aromatic carbocycles. The molecule has 1 aliphatic rings. The van der Waals surface area contributed by atoms with E-state index < -0.39 is 0 Å². The van der Waals surface area contributed by atoms with Crippen molar-refractivity contribution in [1.82, 2.24) is 10.6 Å². The molecule has 0 amide bonds. The fourth-order valence-corrected chi connectivity index (χ4v) is 1.74. The van der Waals surface area contributed by atoms with E-state index in [1.807, 2.05) is 18.2 Å². The lowest BCUT2D eigenvalue weighted by Gasteiger charge is -2.23. The third kappa shape index (κ3) is 3.15. The molecular formula is C12H16N2O. The molecule has 3 nitrogen and oxygen atoms in total. The lowest BCUT2D eigenvalue weighted by atomic mass is 10.1. The first-order valence-electron chi connectivity index (χ1n) is 5.37. The molecule has 2 rings (SSSR count). The molecule has 0 aliphatic carbocycles. The highest BCUT2D eigenvalue weighted by atomic mass is 16.1. The summed E-state index contributed by atoms with van der Waals surface area (Å²) in [5, 5.41) is 6.57. The van der Waals surface area contributed by atoms with Crippen LogP contribution in [0.4, 0.5) is 0 Å². The van der Waals surface area contributed by atoms with Gasteiger partial charge in [0.2, 0.25) is 0 Å². The molecular weight excluding hydrogens is 188 g/mol. The molecule has 0 spiro atoms. The number of hydrogen-bond donors (Lipinski definition) is 2. The van der Waals surface area contributed by atoms with Crippen LogP contribution in [0.15, 0.2) is 30.3 Å². The molecule has 1 heterocycles. The molecule has 0 radical (unpaired) electrons. The predicted octanol–water partition coefficient (Wildman–Crippen LogP) is 1.05. The number of Topliss-reactive ketones (excluding diaryl/α,β-unsaturated/α-hetero) is 1. The van der Waals surface area contributed by atoms with Crippen molar-refractivity contribution in [2.75, 3.05) is 6.54 Å². The van der Waals surface area contributed by atoms with Crippen LogP contribution >= 0.6 is 0 Å². The van der Waals surface area contributed by atoms with Crippen molar-refractivity contribution >= 4 is 5.78 Å². The Bertz CT molecular complexity index is 314. The second-order valence-electron chi connectivity index (χ2n) is 3.88. The number of ketones is 1. The van der Waals surface area contributed by atoms with Crippen molar-refractivity contribution < 1.29 is 4.79 Å². The minimum absolute atomic E-state index is 0.280. The summed E-state index contributed by atoms with van der Waals surface area (Å²) in [7, 11) is 0. The number of benzene rings is 1. The zero-order valence-electron chi connectivity index (χ0n) is 8.70. The Morgan fingerprint density at radius 1 is 1.33 bits per heavy atom. The molecule has 2 N–H and O–H groups in total. The third-order valence-electron chi connectivity index (χ3n) is 2.65. The third-order valence-corrected chi connectivity index (χ3v) is 2.65. The van der Waals surface area contributed by atoms with Gasteiger partial charge in [-0.3, -0.25) is 15.4 Å². The van der Waals surface area contributed by atoms with Crippen LogP contribution in [-0.4, -0.2) is 18.5 Å². The highest BCUT2D eigenvalue weighted by Gasteiger charge is 2.16. The first-order valence-corrected chi connectivity index (χ1v) is 5.37. The summed E-state index contributed by atoms with van der Waals surface area (Å²) < 4.78 is 0. The van der Waals surface area contributed by atoms with Gasteiger partial charge in [-0.05, 0) is 12.0 Å². The van der Waals surface area contributed by atoms with Gasteiger partial charge in [-0.2, -0.15) is 0 Å². The lowest BCUT2D eigenvalue weighted by molar-refractivity contribution is -0.119. The predicted molar refractivity (Wildman–Crippen MR) is 59.3 cm³/mol. The van der Waals surface area contributed by atoms with Crippen LogP contribution in [0.25, 0.3) is 0 Å². The summed E-state index contributed by atoms with van der Waals surface area (Å²) in [5.41, 5.74) is 1.27. The van der Waals surface area contributed by atoms with E-state index in [2.05, 4.69) is 22.8 Å². The second-order valence-corrected chi connectivity index (χ2v) is 3.88. The first-order chi connectivity index (χ1) is 7.34. The summed E-state index contributed by atoms with van der Waals surface area (Å²) >= 11 is 0. The maximum absolute atomic E-state index is 11.0. The molecule has 0 saturated carbocycles. The van der Waals surface area contributed by atoms with E-state index in [0.29, 0.717) is 18.7 Å². The Labute approximate surface area is 89.9 Å². The van der Waals surface area contributed by atoms with Gasteiger partial charge < -0.3 is 0 Å². The molecule has 0 bridgehead atoms. The molecule has 1 unspecified atom stereocenters. The lowest BCUT2D eigenvalue weighted by Crippen LogP contribution is -2.47. The molecule has 80 valence electrons. The zero-order valence-corrected chi connectivity index (χ0v) is 8.70. The SMILES string of the molecule is O=C1CCC(NCc2ccccc2)NC1. The van der Waals surface area contributed by atoms with Crippen molar-refractivity contribution in [1.29, 1.82) is 0 Å². The van der Waals surface area contributed by atoms with E-state index in [0.717, 1.165) is 13.0 Å². The zero-order chi connectivity index (χ0) is 10.5. The quantitative estimate of drug-likeness (QED) is 0.773. The monoisotopic (exact) mass is 204 g/mol. The van der Waals surface area contributed by atoms with Crippen molar-refractivity contribution in [2.24, 2.45) is 0 Å². The summed E-state index contributed by atoms with van der Waals surface area (Å²) in [6, 6.07) is 10.3. The number of piperidine rings is 1. The highest BCUT2D eigenvalue weighted by molar-refractivity contribution is 5.81. The van der Waals surface area contributed by atoms with Gasteiger partial charge in [-0.15, -0.1) is 0 Å². The Morgan fingerprint density at radius 3 is 2.80 bits per heavy atom. The molecule has 1 fully saturated rings. The van der Waals surface area contributed by atoms with Crippen LogP contribution in [-0.2, 0) is 11.3 Å². The molecule has 1 aliphatic heterocycles. The average Bonchev–Trinajstić information content (AvgIpc) is 2.30. The van der Waals surface area contributed by atoms with Crippen LogP contribution in [0.1, 0.15) is 18.4 Å². The van der Waals surface area contributed by atoms with Crippen LogP contribution < -0.4 is 10.6 Å². The molecule has 1 saturated heterocycles. The number of hydrogen-bond acceptors (Lipinski definition) is 3. The van der Waals surface area contributed by atoms with Gasteiger partial charge in [0.25, 0.3) is 0 Å². The van der Waals surface area contributed by atoms with Gasteiger partial charge in [-0.1, -0.05) is 30.3 Å². The second kappa shape index (κ2) is 5.05. The van der Waals surface area contributed by atoms with Crippen LogP contribution in [0, 0.1) is 0 Å². The van der Waals surface area contributed by atoms with Crippen LogP contribution in [0.2, 0.25) is 0 Å². The van der Waals surface area contributed by atoms with E-state index in [-0.39, 0.29) is 6.17 Å². The maximum Gasteiger partial charge on any atom is 0.146 e. The van der Waals surface area contributed by atoms with Gasteiger partial charge in [-0.25, -0.2) is 0 Å². The molecule has 0 aromatic heterocycles. The number of rotatable bonds is 3. The fourth-order valence-electron chi connectivity index (χ4n) is 1.74. The van der Waals surface area contributed by atoms with E-state index >= 15 is 0 Å². The van der Waals surface area contributed by atoms with Gasteiger partial charge in [0, 0.05) is 13.0 Å². The summed E-state index contributed by atoms with van der Waals surface area (Å²) in [4.78, 5) is 11.0. The Kier molecular flexibility index (Phi) is 3.48. The largest absolute Gasteiger partial charge is 0.298 e. The number of nitrogens with one attached hydrogen (secondary N) is 2. The van der Waals surface area contributed by atoms with Crippen molar-refractivity contribution in [3.63, 3.8) is 0 Å². The van der Waals surface area contributed by atoms with Gasteiger partial charge in [0.1, 0.15) is 5.78 Å². The van der Waals surface area contributed by atoms with Crippen LogP contribution in [0.3, 0.4) is 0 Å². The van der Waals surface area contributed by atoms with E-state index in [1.165, 1.54) is 5.56 Å². The van der Waals surface area contributed by atoms with Crippen LogP contribution in [0.5, 0.6) is 0 Å². The molecule has 1 atom stereocenters. The van der Waals surface area contributed by atoms with Gasteiger partial charge in [0.05, 0.1) is 12.7 Å². The number of carbonyl (C=O) groups is 1. The number of carbonyl (C=O) groups excluding carboxylic acids is 1.